The maximum Gasteiger partial charge on any atom is 0.279 e. The van der Waals surface area contributed by atoms with Crippen molar-refractivity contribution in [2.45, 2.75) is 20.4 Å². The molecule has 0 bridgehead atoms. The third-order valence-corrected chi connectivity index (χ3v) is 4.09. The third-order valence-electron chi connectivity index (χ3n) is 2.32. The molecule has 0 spiro atoms. The van der Waals surface area contributed by atoms with Gasteiger partial charge in [-0.15, -0.1) is 0 Å². The van der Waals surface area contributed by atoms with Crippen molar-refractivity contribution in [2.24, 2.45) is 0 Å². The summed E-state index contributed by atoms with van der Waals surface area (Å²) in [6, 6.07) is 0. The molecule has 0 fully saturated rings. The number of hydrogen-bond donors (Lipinski definition) is 2. The largest absolute Gasteiger partial charge is 0.396 e. The molecule has 0 unspecified atom stereocenters. The minimum Gasteiger partial charge on any atom is -0.396 e. The molecule has 8 heteroatoms. The first-order valence-corrected chi connectivity index (χ1v) is 6.96. The van der Waals surface area contributed by atoms with E-state index in [0.29, 0.717) is 31.9 Å². The van der Waals surface area contributed by atoms with Crippen LogP contribution in [-0.4, -0.2) is 42.1 Å². The number of aromatic nitrogens is 2. The summed E-state index contributed by atoms with van der Waals surface area (Å²) >= 11 is 0. The Kier molecular flexibility index (Phi) is 4.91. The molecule has 1 rings (SSSR count). The second kappa shape index (κ2) is 5.99. The number of nitrogen functional groups attached to an aromatic ring is 1. The molecule has 0 saturated carbocycles. The standard InChI is InChI=1S/C9H19N5O2S/c1-3-14(4-2)17(15,16)12-5-6-13-8-9(10)7-11-13/h7-8,12H,3-6,10H2,1-2H3. The summed E-state index contributed by atoms with van der Waals surface area (Å²) in [4.78, 5) is 0. The van der Waals surface area contributed by atoms with E-state index in [1.165, 1.54) is 10.5 Å². The quantitative estimate of drug-likeness (QED) is 0.701. The van der Waals surface area contributed by atoms with Gasteiger partial charge in [-0.3, -0.25) is 4.68 Å². The first-order chi connectivity index (χ1) is 7.99. The van der Waals surface area contributed by atoms with Gasteiger partial charge in [-0.2, -0.15) is 17.8 Å². The van der Waals surface area contributed by atoms with E-state index in [0.717, 1.165) is 0 Å². The van der Waals surface area contributed by atoms with Crippen molar-refractivity contribution in [3.63, 3.8) is 0 Å². The van der Waals surface area contributed by atoms with Crippen LogP contribution in [0.5, 0.6) is 0 Å². The molecule has 1 aromatic rings. The first kappa shape index (κ1) is 13.9. The lowest BCUT2D eigenvalue weighted by Crippen LogP contribution is -2.41. The van der Waals surface area contributed by atoms with Gasteiger partial charge in [0.1, 0.15) is 0 Å². The molecule has 0 radical (unpaired) electrons. The zero-order valence-electron chi connectivity index (χ0n) is 10.1. The van der Waals surface area contributed by atoms with Crippen LogP contribution in [0.15, 0.2) is 12.4 Å². The van der Waals surface area contributed by atoms with Crippen molar-refractivity contribution >= 4 is 15.9 Å². The highest BCUT2D eigenvalue weighted by Gasteiger charge is 2.17. The molecule has 7 nitrogen and oxygen atoms in total. The molecule has 0 amide bonds. The Labute approximate surface area is 102 Å². The average molecular weight is 261 g/mol. The van der Waals surface area contributed by atoms with Crippen molar-refractivity contribution < 1.29 is 8.42 Å². The molecule has 1 aromatic heterocycles. The third kappa shape index (κ3) is 3.99. The maximum atomic E-state index is 11.7. The Hall–Kier alpha value is -1.12. The number of nitrogens with one attached hydrogen (secondary N) is 1. The van der Waals surface area contributed by atoms with E-state index in [4.69, 9.17) is 5.73 Å². The van der Waals surface area contributed by atoms with Gasteiger partial charge in [0.25, 0.3) is 10.2 Å². The molecule has 0 aromatic carbocycles. The van der Waals surface area contributed by atoms with Crippen LogP contribution in [0.2, 0.25) is 0 Å². The topological polar surface area (TPSA) is 93.2 Å². The van der Waals surface area contributed by atoms with E-state index in [1.54, 1.807) is 24.7 Å². The summed E-state index contributed by atoms with van der Waals surface area (Å²) in [6.45, 7) is 5.27. The normalized spacial score (nSPS) is 12.2. The molecule has 3 N–H and O–H groups in total. The second-order valence-corrected chi connectivity index (χ2v) is 5.28. The fourth-order valence-electron chi connectivity index (χ4n) is 1.45. The minimum atomic E-state index is -3.37. The van der Waals surface area contributed by atoms with Gasteiger partial charge >= 0.3 is 0 Å². The molecule has 98 valence electrons. The molecular formula is C9H19N5O2S. The minimum absolute atomic E-state index is 0.292. The highest BCUT2D eigenvalue weighted by atomic mass is 32.2. The predicted octanol–water partition coefficient (Wildman–Crippen LogP) is -0.358. The highest BCUT2D eigenvalue weighted by Crippen LogP contribution is 1.98. The van der Waals surface area contributed by atoms with E-state index in [1.807, 2.05) is 0 Å². The van der Waals surface area contributed by atoms with Crippen LogP contribution in [0, 0.1) is 0 Å². The van der Waals surface area contributed by atoms with Crippen molar-refractivity contribution in [3.05, 3.63) is 12.4 Å². The monoisotopic (exact) mass is 261 g/mol. The number of anilines is 1. The summed E-state index contributed by atoms with van der Waals surface area (Å²) < 4.78 is 29.0. The van der Waals surface area contributed by atoms with Crippen LogP contribution >= 0.6 is 0 Å². The number of rotatable bonds is 7. The van der Waals surface area contributed by atoms with E-state index < -0.39 is 10.2 Å². The summed E-state index contributed by atoms with van der Waals surface area (Å²) in [7, 11) is -3.37. The lowest BCUT2D eigenvalue weighted by Gasteiger charge is -2.18. The zero-order chi connectivity index (χ0) is 12.9. The van der Waals surface area contributed by atoms with Gasteiger partial charge < -0.3 is 5.73 Å². The van der Waals surface area contributed by atoms with Gasteiger partial charge in [-0.25, -0.2) is 4.72 Å². The Morgan fingerprint density at radius 3 is 2.59 bits per heavy atom. The highest BCUT2D eigenvalue weighted by molar-refractivity contribution is 7.87. The fourth-order valence-corrected chi connectivity index (χ4v) is 2.66. The maximum absolute atomic E-state index is 11.7. The van der Waals surface area contributed by atoms with E-state index in [-0.39, 0.29) is 0 Å². The summed E-state index contributed by atoms with van der Waals surface area (Å²) in [5, 5.41) is 3.96. The lowest BCUT2D eigenvalue weighted by molar-refractivity contribution is 0.432. The summed E-state index contributed by atoms with van der Waals surface area (Å²) in [5.74, 6) is 0. The van der Waals surface area contributed by atoms with Gasteiger partial charge in [0.05, 0.1) is 18.4 Å². The average Bonchev–Trinajstić information content (AvgIpc) is 2.65. The number of hydrogen-bond acceptors (Lipinski definition) is 4. The summed E-state index contributed by atoms with van der Waals surface area (Å²) in [5.41, 5.74) is 6.06. The zero-order valence-corrected chi connectivity index (χ0v) is 10.9. The van der Waals surface area contributed by atoms with Crippen LogP contribution in [0.4, 0.5) is 5.69 Å². The molecule has 0 atom stereocenters. The molecule has 0 aliphatic carbocycles. The van der Waals surface area contributed by atoms with Gasteiger partial charge in [-0.05, 0) is 0 Å². The fraction of sp³-hybridized carbons (Fsp3) is 0.667. The smallest absolute Gasteiger partial charge is 0.279 e. The van der Waals surface area contributed by atoms with Crippen LogP contribution in [0.1, 0.15) is 13.8 Å². The molecule has 0 saturated heterocycles. The molecule has 17 heavy (non-hydrogen) atoms. The van der Waals surface area contributed by atoms with E-state index in [9.17, 15) is 8.42 Å². The molecular weight excluding hydrogens is 242 g/mol. The number of nitrogens with two attached hydrogens (primary N) is 1. The number of nitrogens with zero attached hydrogens (tertiary/aromatic N) is 3. The van der Waals surface area contributed by atoms with Crippen molar-refractivity contribution in [3.8, 4) is 0 Å². The second-order valence-electron chi connectivity index (χ2n) is 3.52. The predicted molar refractivity (Wildman–Crippen MR) is 66.5 cm³/mol. The van der Waals surface area contributed by atoms with Crippen molar-refractivity contribution in [1.29, 1.82) is 0 Å². The van der Waals surface area contributed by atoms with Gasteiger partial charge in [0.2, 0.25) is 0 Å². The van der Waals surface area contributed by atoms with Crippen LogP contribution < -0.4 is 10.5 Å². The lowest BCUT2D eigenvalue weighted by atomic mass is 10.6. The summed E-state index contributed by atoms with van der Waals surface area (Å²) in [6.07, 6.45) is 3.19. The van der Waals surface area contributed by atoms with Crippen molar-refractivity contribution in [1.82, 2.24) is 18.8 Å². The van der Waals surface area contributed by atoms with Crippen molar-refractivity contribution in [2.75, 3.05) is 25.4 Å². The molecule has 0 aliphatic heterocycles. The van der Waals surface area contributed by atoms with Gasteiger partial charge in [0.15, 0.2) is 0 Å². The van der Waals surface area contributed by atoms with Crippen LogP contribution in [0.3, 0.4) is 0 Å². The molecule has 0 aliphatic rings. The van der Waals surface area contributed by atoms with E-state index >= 15 is 0 Å². The Morgan fingerprint density at radius 2 is 2.12 bits per heavy atom. The van der Waals surface area contributed by atoms with E-state index in [2.05, 4.69) is 9.82 Å². The first-order valence-electron chi connectivity index (χ1n) is 5.52. The SMILES string of the molecule is CCN(CC)S(=O)(=O)NCCn1cc(N)cn1. The Balaban J connectivity index is 2.45. The van der Waals surface area contributed by atoms with Crippen LogP contribution in [0.25, 0.3) is 0 Å². The van der Waals surface area contributed by atoms with Crippen LogP contribution in [-0.2, 0) is 16.8 Å². The van der Waals surface area contributed by atoms with Gasteiger partial charge in [-0.1, -0.05) is 13.8 Å². The Bertz CT molecular complexity index is 438. The van der Waals surface area contributed by atoms with Gasteiger partial charge in [0, 0.05) is 25.8 Å². The Morgan fingerprint density at radius 1 is 1.47 bits per heavy atom. The molecule has 1 heterocycles.